The molecule has 0 saturated heterocycles. The minimum Gasteiger partial charge on any atom is -0.228 e. The largest absolute Gasteiger partial charge is 0.228 e. The highest BCUT2D eigenvalue weighted by atomic mass is 19.1. The quantitative estimate of drug-likeness (QED) is 0.601. The Labute approximate surface area is 128 Å². The summed E-state index contributed by atoms with van der Waals surface area (Å²) in [7, 11) is 0. The first-order valence-electron chi connectivity index (χ1n) is 7.18. The summed E-state index contributed by atoms with van der Waals surface area (Å²) >= 11 is 0. The highest BCUT2D eigenvalue weighted by Gasteiger charge is 2.06. The first-order valence-corrected chi connectivity index (χ1v) is 7.18. The molecular weight excluding hydrogens is 280 g/mol. The predicted octanol–water partition coefficient (Wildman–Crippen LogP) is 5.26. The highest BCUT2D eigenvalue weighted by molar-refractivity contribution is 5.70. The average molecular weight is 295 g/mol. The maximum Gasteiger partial charge on any atom is 0.212 e. The van der Waals surface area contributed by atoms with Gasteiger partial charge in [-0.3, -0.25) is 0 Å². The van der Waals surface area contributed by atoms with Crippen molar-refractivity contribution in [2.24, 2.45) is 0 Å². The second-order valence-corrected chi connectivity index (χ2v) is 5.11. The van der Waals surface area contributed by atoms with Gasteiger partial charge in [0.2, 0.25) is 5.95 Å². The molecule has 0 radical (unpaired) electrons. The second-order valence-electron chi connectivity index (χ2n) is 5.11. The third-order valence-electron chi connectivity index (χ3n) is 3.70. The van der Waals surface area contributed by atoms with E-state index in [-0.39, 0.29) is 5.82 Å². The van der Waals surface area contributed by atoms with E-state index in [1.54, 1.807) is 12.1 Å². The van der Waals surface area contributed by atoms with Gasteiger partial charge in [0, 0.05) is 17.3 Å². The summed E-state index contributed by atoms with van der Waals surface area (Å²) < 4.78 is 27.0. The van der Waals surface area contributed by atoms with Crippen molar-refractivity contribution in [3.05, 3.63) is 78.1 Å². The number of aryl methyl sites for hydroxylation is 1. The fraction of sp³-hybridized carbons (Fsp3) is 0.105. The van der Waals surface area contributed by atoms with Gasteiger partial charge in [-0.25, -0.2) is 9.37 Å². The number of nitrogens with zero attached hydrogens (tertiary/aromatic N) is 1. The summed E-state index contributed by atoms with van der Waals surface area (Å²) in [4.78, 5) is 3.64. The van der Waals surface area contributed by atoms with E-state index in [1.165, 1.54) is 12.3 Å². The number of hydrogen-bond donors (Lipinski definition) is 0. The molecule has 0 unspecified atom stereocenters. The molecule has 0 atom stereocenters. The molecule has 22 heavy (non-hydrogen) atoms. The van der Waals surface area contributed by atoms with E-state index in [4.69, 9.17) is 0 Å². The molecule has 0 amide bonds. The number of pyridine rings is 1. The molecule has 0 N–H and O–H groups in total. The number of aromatic nitrogens is 1. The molecule has 110 valence electrons. The standard InChI is InChI=1S/C19H15F2N/c1-2-13-3-9-17(18(20)11-13)15-6-4-14(5-7-15)16-8-10-19(21)22-12-16/h3-12H,2H2,1H3. The van der Waals surface area contributed by atoms with E-state index >= 15 is 0 Å². The van der Waals surface area contributed by atoms with Crippen LogP contribution >= 0.6 is 0 Å². The van der Waals surface area contributed by atoms with Crippen LogP contribution in [0.2, 0.25) is 0 Å². The third kappa shape index (κ3) is 2.89. The van der Waals surface area contributed by atoms with Crippen molar-refractivity contribution >= 4 is 0 Å². The van der Waals surface area contributed by atoms with Crippen LogP contribution in [0, 0.1) is 11.8 Å². The summed E-state index contributed by atoms with van der Waals surface area (Å²) in [6.07, 6.45) is 2.30. The van der Waals surface area contributed by atoms with Crippen molar-refractivity contribution < 1.29 is 8.78 Å². The smallest absolute Gasteiger partial charge is 0.212 e. The molecule has 0 fully saturated rings. The van der Waals surface area contributed by atoms with Gasteiger partial charge < -0.3 is 0 Å². The Balaban J connectivity index is 1.92. The SMILES string of the molecule is CCc1ccc(-c2ccc(-c3ccc(F)nc3)cc2)c(F)c1. The third-order valence-corrected chi connectivity index (χ3v) is 3.70. The molecule has 3 heteroatoms. The van der Waals surface area contributed by atoms with Gasteiger partial charge >= 0.3 is 0 Å². The van der Waals surface area contributed by atoms with E-state index in [0.717, 1.165) is 28.7 Å². The van der Waals surface area contributed by atoms with Gasteiger partial charge in [0.1, 0.15) is 5.82 Å². The molecule has 3 aromatic rings. The Morgan fingerprint density at radius 1 is 0.818 bits per heavy atom. The van der Waals surface area contributed by atoms with Crippen molar-refractivity contribution in [3.63, 3.8) is 0 Å². The zero-order valence-corrected chi connectivity index (χ0v) is 12.2. The Morgan fingerprint density at radius 3 is 2.09 bits per heavy atom. The summed E-state index contributed by atoms with van der Waals surface area (Å²) in [5, 5.41) is 0. The van der Waals surface area contributed by atoms with Crippen LogP contribution in [0.3, 0.4) is 0 Å². The van der Waals surface area contributed by atoms with Crippen LogP contribution in [0.1, 0.15) is 12.5 Å². The van der Waals surface area contributed by atoms with Crippen LogP contribution < -0.4 is 0 Å². The Kier molecular flexibility index (Phi) is 3.96. The van der Waals surface area contributed by atoms with Crippen LogP contribution in [-0.4, -0.2) is 4.98 Å². The lowest BCUT2D eigenvalue weighted by Crippen LogP contribution is -1.88. The van der Waals surface area contributed by atoms with E-state index in [0.29, 0.717) is 5.56 Å². The second kappa shape index (κ2) is 6.06. The average Bonchev–Trinajstić information content (AvgIpc) is 2.56. The van der Waals surface area contributed by atoms with Crippen LogP contribution in [-0.2, 0) is 6.42 Å². The van der Waals surface area contributed by atoms with Crippen molar-refractivity contribution in [1.29, 1.82) is 0 Å². The zero-order chi connectivity index (χ0) is 15.5. The summed E-state index contributed by atoms with van der Waals surface area (Å²) in [6, 6.07) is 15.8. The molecular formula is C19H15F2N. The fourth-order valence-electron chi connectivity index (χ4n) is 2.40. The molecule has 0 bridgehead atoms. The molecule has 2 aromatic carbocycles. The van der Waals surface area contributed by atoms with Gasteiger partial charge in [-0.1, -0.05) is 43.3 Å². The van der Waals surface area contributed by atoms with Crippen LogP contribution in [0.25, 0.3) is 22.3 Å². The van der Waals surface area contributed by atoms with Crippen molar-refractivity contribution in [1.82, 2.24) is 4.98 Å². The molecule has 0 spiro atoms. The lowest BCUT2D eigenvalue weighted by Gasteiger charge is -2.07. The summed E-state index contributed by atoms with van der Waals surface area (Å²) in [5.74, 6) is -0.714. The number of hydrogen-bond acceptors (Lipinski definition) is 1. The summed E-state index contributed by atoms with van der Waals surface area (Å²) in [5.41, 5.74) is 4.13. The van der Waals surface area contributed by atoms with Gasteiger partial charge in [0.05, 0.1) is 0 Å². The zero-order valence-electron chi connectivity index (χ0n) is 12.2. The number of rotatable bonds is 3. The topological polar surface area (TPSA) is 12.9 Å². The Morgan fingerprint density at radius 2 is 1.50 bits per heavy atom. The van der Waals surface area contributed by atoms with Gasteiger partial charge in [-0.05, 0) is 41.3 Å². The lowest BCUT2D eigenvalue weighted by atomic mass is 9.99. The lowest BCUT2D eigenvalue weighted by molar-refractivity contribution is 0.584. The highest BCUT2D eigenvalue weighted by Crippen LogP contribution is 2.27. The van der Waals surface area contributed by atoms with E-state index in [9.17, 15) is 8.78 Å². The van der Waals surface area contributed by atoms with Gasteiger partial charge in [-0.15, -0.1) is 0 Å². The maximum atomic E-state index is 14.1. The molecule has 1 nitrogen and oxygen atoms in total. The molecule has 1 aromatic heterocycles. The van der Waals surface area contributed by atoms with Gasteiger partial charge in [0.15, 0.2) is 0 Å². The Hall–Kier alpha value is -2.55. The minimum absolute atomic E-state index is 0.212. The summed E-state index contributed by atoms with van der Waals surface area (Å²) in [6.45, 7) is 2.00. The minimum atomic E-state index is -0.501. The maximum absolute atomic E-state index is 14.1. The fourth-order valence-corrected chi connectivity index (χ4v) is 2.40. The molecule has 3 rings (SSSR count). The first kappa shape index (κ1) is 14.4. The molecule has 1 heterocycles. The molecule has 0 aliphatic carbocycles. The van der Waals surface area contributed by atoms with Crippen LogP contribution in [0.4, 0.5) is 8.78 Å². The van der Waals surface area contributed by atoms with E-state index in [1.807, 2.05) is 43.3 Å². The molecule has 0 saturated carbocycles. The van der Waals surface area contributed by atoms with Gasteiger partial charge in [-0.2, -0.15) is 4.39 Å². The van der Waals surface area contributed by atoms with Crippen LogP contribution in [0.15, 0.2) is 60.8 Å². The monoisotopic (exact) mass is 295 g/mol. The van der Waals surface area contributed by atoms with E-state index < -0.39 is 5.95 Å². The normalized spacial score (nSPS) is 10.7. The first-order chi connectivity index (χ1) is 10.7. The number of halogens is 2. The van der Waals surface area contributed by atoms with Crippen molar-refractivity contribution in [2.45, 2.75) is 13.3 Å². The number of benzene rings is 2. The predicted molar refractivity (Wildman–Crippen MR) is 84.4 cm³/mol. The molecule has 0 aliphatic heterocycles. The van der Waals surface area contributed by atoms with E-state index in [2.05, 4.69) is 4.98 Å². The van der Waals surface area contributed by atoms with Crippen molar-refractivity contribution in [2.75, 3.05) is 0 Å². The van der Waals surface area contributed by atoms with Crippen LogP contribution in [0.5, 0.6) is 0 Å². The molecule has 0 aliphatic rings. The van der Waals surface area contributed by atoms with Gasteiger partial charge in [0.25, 0.3) is 0 Å². The van der Waals surface area contributed by atoms with Crippen molar-refractivity contribution in [3.8, 4) is 22.3 Å². The Bertz CT molecular complexity index is 778.